The van der Waals surface area contributed by atoms with Crippen molar-refractivity contribution in [3.63, 3.8) is 0 Å². The number of amides is 1. The van der Waals surface area contributed by atoms with Crippen LogP contribution in [0.3, 0.4) is 0 Å². The quantitative estimate of drug-likeness (QED) is 0.595. The number of nitrogens with zero attached hydrogens (tertiary/aromatic N) is 3. The first-order valence-corrected chi connectivity index (χ1v) is 9.96. The molecule has 30 heavy (non-hydrogen) atoms. The third-order valence-electron chi connectivity index (χ3n) is 5.40. The zero-order valence-corrected chi connectivity index (χ0v) is 17.4. The molecule has 0 spiro atoms. The lowest BCUT2D eigenvalue weighted by Crippen LogP contribution is -2.27. The molecule has 1 amide bonds. The Hall–Kier alpha value is -3.35. The maximum atomic E-state index is 12.5. The number of likely N-dealkylation sites (tertiary alicyclic amines) is 1. The largest absolute Gasteiger partial charge is 0.493 e. The van der Waals surface area contributed by atoms with E-state index >= 15 is 0 Å². The van der Waals surface area contributed by atoms with Crippen LogP contribution in [-0.4, -0.2) is 48.3 Å². The molecule has 3 aromatic rings. The molecule has 0 bridgehead atoms. The van der Waals surface area contributed by atoms with Crippen LogP contribution in [0.5, 0.6) is 11.5 Å². The van der Waals surface area contributed by atoms with E-state index in [0.717, 1.165) is 23.1 Å². The molecule has 1 fully saturated rings. The standard InChI is InChI=1S/C23H25N3O4/c1-15-5-4-6-17(11-15)22-24-23(30-25-22)18-13-21(27)26(14-18)10-9-16-7-8-19(28-2)20(12-16)29-3/h4-8,11-12,18H,9-10,13-14H2,1-3H3. The van der Waals surface area contributed by atoms with Crippen LogP contribution >= 0.6 is 0 Å². The van der Waals surface area contributed by atoms with Crippen LogP contribution in [0.25, 0.3) is 11.4 Å². The van der Waals surface area contributed by atoms with Gasteiger partial charge < -0.3 is 18.9 Å². The summed E-state index contributed by atoms with van der Waals surface area (Å²) in [4.78, 5) is 18.9. The average Bonchev–Trinajstić information content (AvgIpc) is 3.39. The molecule has 0 N–H and O–H groups in total. The van der Waals surface area contributed by atoms with E-state index in [0.29, 0.717) is 42.7 Å². The molecule has 0 radical (unpaired) electrons. The topological polar surface area (TPSA) is 77.7 Å². The Kier molecular flexibility index (Phi) is 5.70. The van der Waals surface area contributed by atoms with Crippen LogP contribution in [0.4, 0.5) is 0 Å². The molecule has 1 aliphatic rings. The number of ether oxygens (including phenoxy) is 2. The summed E-state index contributed by atoms with van der Waals surface area (Å²) in [5.74, 6) is 2.50. The lowest BCUT2D eigenvalue weighted by Gasteiger charge is -2.16. The predicted molar refractivity (Wildman–Crippen MR) is 112 cm³/mol. The van der Waals surface area contributed by atoms with Crippen molar-refractivity contribution in [2.45, 2.75) is 25.7 Å². The van der Waals surface area contributed by atoms with E-state index in [-0.39, 0.29) is 11.8 Å². The first kappa shape index (κ1) is 19.9. The molecular formula is C23H25N3O4. The summed E-state index contributed by atoms with van der Waals surface area (Å²) in [6, 6.07) is 13.8. The summed E-state index contributed by atoms with van der Waals surface area (Å²) >= 11 is 0. The van der Waals surface area contributed by atoms with E-state index in [1.807, 2.05) is 54.3 Å². The smallest absolute Gasteiger partial charge is 0.232 e. The Bertz CT molecular complexity index is 1050. The van der Waals surface area contributed by atoms with Gasteiger partial charge in [-0.1, -0.05) is 35.0 Å². The van der Waals surface area contributed by atoms with Crippen molar-refractivity contribution in [1.29, 1.82) is 0 Å². The predicted octanol–water partition coefficient (Wildman–Crippen LogP) is 3.62. The number of benzene rings is 2. The molecule has 2 heterocycles. The highest BCUT2D eigenvalue weighted by Gasteiger charge is 2.34. The Morgan fingerprint density at radius 3 is 2.73 bits per heavy atom. The van der Waals surface area contributed by atoms with Crippen LogP contribution in [0.15, 0.2) is 47.0 Å². The molecular weight excluding hydrogens is 382 g/mol. The van der Waals surface area contributed by atoms with E-state index in [1.165, 1.54) is 0 Å². The van der Waals surface area contributed by atoms with Gasteiger partial charge in [0.1, 0.15) is 0 Å². The first-order valence-electron chi connectivity index (χ1n) is 9.96. The van der Waals surface area contributed by atoms with Crippen molar-refractivity contribution < 1.29 is 18.8 Å². The van der Waals surface area contributed by atoms with Crippen molar-refractivity contribution in [1.82, 2.24) is 15.0 Å². The number of carbonyl (C=O) groups is 1. The van der Waals surface area contributed by atoms with Gasteiger partial charge in [-0.05, 0) is 37.1 Å². The Morgan fingerprint density at radius 2 is 1.97 bits per heavy atom. The van der Waals surface area contributed by atoms with E-state index < -0.39 is 0 Å². The Balaban J connectivity index is 1.40. The van der Waals surface area contributed by atoms with Gasteiger partial charge in [0.2, 0.25) is 17.6 Å². The van der Waals surface area contributed by atoms with E-state index in [2.05, 4.69) is 10.1 Å². The van der Waals surface area contributed by atoms with Crippen molar-refractivity contribution in [2.24, 2.45) is 0 Å². The average molecular weight is 407 g/mol. The van der Waals surface area contributed by atoms with Crippen molar-refractivity contribution in [3.8, 4) is 22.9 Å². The minimum Gasteiger partial charge on any atom is -0.493 e. The minimum absolute atomic E-state index is 0.0750. The van der Waals surface area contributed by atoms with Crippen molar-refractivity contribution in [2.75, 3.05) is 27.3 Å². The van der Waals surface area contributed by atoms with Crippen LogP contribution in [0.2, 0.25) is 0 Å². The van der Waals surface area contributed by atoms with Crippen LogP contribution < -0.4 is 9.47 Å². The molecule has 1 saturated heterocycles. The van der Waals surface area contributed by atoms with Crippen LogP contribution in [-0.2, 0) is 11.2 Å². The second-order valence-electron chi connectivity index (χ2n) is 7.51. The van der Waals surface area contributed by atoms with Gasteiger partial charge in [-0.25, -0.2) is 0 Å². The third-order valence-corrected chi connectivity index (χ3v) is 5.40. The second kappa shape index (κ2) is 8.57. The third kappa shape index (κ3) is 4.15. The highest BCUT2D eigenvalue weighted by atomic mass is 16.5. The number of rotatable bonds is 7. The number of methoxy groups -OCH3 is 2. The lowest BCUT2D eigenvalue weighted by atomic mass is 10.1. The zero-order chi connectivity index (χ0) is 21.1. The fraction of sp³-hybridized carbons (Fsp3) is 0.348. The fourth-order valence-corrected chi connectivity index (χ4v) is 3.76. The molecule has 7 nitrogen and oxygen atoms in total. The number of carbonyl (C=O) groups excluding carboxylic acids is 1. The molecule has 1 aromatic heterocycles. The van der Waals surface area contributed by atoms with E-state index in [1.54, 1.807) is 14.2 Å². The summed E-state index contributed by atoms with van der Waals surface area (Å²) < 4.78 is 16.1. The molecule has 2 aromatic carbocycles. The summed E-state index contributed by atoms with van der Waals surface area (Å²) in [7, 11) is 3.23. The molecule has 1 aliphatic heterocycles. The number of hydrogen-bond acceptors (Lipinski definition) is 6. The maximum absolute atomic E-state index is 12.5. The molecule has 156 valence electrons. The summed E-state index contributed by atoms with van der Waals surface area (Å²) in [5, 5.41) is 4.11. The van der Waals surface area contributed by atoms with Crippen molar-refractivity contribution in [3.05, 3.63) is 59.5 Å². The molecule has 0 aliphatic carbocycles. The summed E-state index contributed by atoms with van der Waals surface area (Å²) in [5.41, 5.74) is 3.14. The molecule has 1 atom stereocenters. The second-order valence-corrected chi connectivity index (χ2v) is 7.51. The van der Waals surface area contributed by atoms with Gasteiger partial charge in [-0.2, -0.15) is 4.98 Å². The van der Waals surface area contributed by atoms with Crippen LogP contribution in [0, 0.1) is 6.92 Å². The van der Waals surface area contributed by atoms with Gasteiger partial charge in [0.25, 0.3) is 0 Å². The van der Waals surface area contributed by atoms with Gasteiger partial charge >= 0.3 is 0 Å². The highest BCUT2D eigenvalue weighted by molar-refractivity contribution is 5.79. The molecule has 0 saturated carbocycles. The number of aryl methyl sites for hydroxylation is 1. The molecule has 7 heteroatoms. The van der Waals surface area contributed by atoms with Crippen LogP contribution in [0.1, 0.15) is 29.4 Å². The van der Waals surface area contributed by atoms with E-state index in [4.69, 9.17) is 14.0 Å². The van der Waals surface area contributed by atoms with Gasteiger partial charge in [0.05, 0.1) is 20.1 Å². The minimum atomic E-state index is -0.0750. The van der Waals surface area contributed by atoms with Gasteiger partial charge in [-0.15, -0.1) is 0 Å². The van der Waals surface area contributed by atoms with E-state index in [9.17, 15) is 4.79 Å². The van der Waals surface area contributed by atoms with Crippen molar-refractivity contribution >= 4 is 5.91 Å². The normalized spacial score (nSPS) is 16.2. The van der Waals surface area contributed by atoms with Gasteiger partial charge in [-0.3, -0.25) is 4.79 Å². The fourth-order valence-electron chi connectivity index (χ4n) is 3.76. The van der Waals surface area contributed by atoms with Gasteiger partial charge in [0, 0.05) is 25.1 Å². The SMILES string of the molecule is COc1ccc(CCN2CC(c3nc(-c4cccc(C)c4)no3)CC2=O)cc1OC. The number of aromatic nitrogens is 2. The Morgan fingerprint density at radius 1 is 1.13 bits per heavy atom. The first-order chi connectivity index (χ1) is 14.6. The maximum Gasteiger partial charge on any atom is 0.232 e. The monoisotopic (exact) mass is 407 g/mol. The number of hydrogen-bond donors (Lipinski definition) is 0. The molecule has 1 unspecified atom stereocenters. The summed E-state index contributed by atoms with van der Waals surface area (Å²) in [6.45, 7) is 3.24. The Labute approximate surface area is 175 Å². The summed E-state index contributed by atoms with van der Waals surface area (Å²) in [6.07, 6.45) is 1.12. The lowest BCUT2D eigenvalue weighted by molar-refractivity contribution is -0.127. The zero-order valence-electron chi connectivity index (χ0n) is 17.4. The highest BCUT2D eigenvalue weighted by Crippen LogP contribution is 2.30. The molecule has 4 rings (SSSR count). The van der Waals surface area contributed by atoms with Gasteiger partial charge in [0.15, 0.2) is 11.5 Å².